The van der Waals surface area contributed by atoms with Crippen LogP contribution in [0.1, 0.15) is 25.3 Å². The number of para-hydroxylation sites is 1. The van der Waals surface area contributed by atoms with Crippen LogP contribution in [0.5, 0.6) is 0 Å². The van der Waals surface area contributed by atoms with Crippen LogP contribution in [0.3, 0.4) is 0 Å². The monoisotopic (exact) mass is 264 g/mol. The number of rotatable bonds is 5. The van der Waals surface area contributed by atoms with E-state index in [1.165, 1.54) is 0 Å². The summed E-state index contributed by atoms with van der Waals surface area (Å²) in [5.41, 5.74) is 7.63. The fourth-order valence-corrected chi connectivity index (χ4v) is 2.19. The Morgan fingerprint density at radius 2 is 2.06 bits per heavy atom. The topological polar surface area (TPSA) is 46.3 Å². The molecule has 0 fully saturated rings. The smallest absolute Gasteiger partial charge is 0.236 e. The van der Waals surface area contributed by atoms with E-state index in [0.717, 1.165) is 17.7 Å². The van der Waals surface area contributed by atoms with Crippen LogP contribution in [0.15, 0.2) is 24.3 Å². The third kappa shape index (κ3) is 3.29. The van der Waals surface area contributed by atoms with Gasteiger partial charge in [0.15, 0.2) is 0 Å². The minimum Gasteiger partial charge on any atom is -0.393 e. The average Bonchev–Trinajstić information content (AvgIpc) is 2.34. The highest BCUT2D eigenvalue weighted by atomic mass is 32.1. The molecule has 18 heavy (non-hydrogen) atoms. The van der Waals surface area contributed by atoms with Crippen LogP contribution in [0.25, 0.3) is 0 Å². The molecule has 98 valence electrons. The molecule has 2 N–H and O–H groups in total. The summed E-state index contributed by atoms with van der Waals surface area (Å²) in [5, 5.41) is 0. The zero-order valence-electron chi connectivity index (χ0n) is 11.1. The van der Waals surface area contributed by atoms with Gasteiger partial charge in [0.25, 0.3) is 0 Å². The predicted octanol–water partition coefficient (Wildman–Crippen LogP) is 2.66. The Balaban J connectivity index is 2.95. The van der Waals surface area contributed by atoms with Gasteiger partial charge in [-0.15, -0.1) is 0 Å². The molecule has 0 aliphatic heterocycles. The van der Waals surface area contributed by atoms with Crippen molar-refractivity contribution in [2.75, 3.05) is 11.9 Å². The lowest BCUT2D eigenvalue weighted by atomic mass is 10.0. The van der Waals surface area contributed by atoms with Gasteiger partial charge in [-0.25, -0.2) is 0 Å². The fraction of sp³-hybridized carbons (Fsp3) is 0.429. The largest absolute Gasteiger partial charge is 0.393 e. The van der Waals surface area contributed by atoms with E-state index in [1.54, 1.807) is 11.9 Å². The summed E-state index contributed by atoms with van der Waals surface area (Å²) < 4.78 is 0. The molecular weight excluding hydrogens is 244 g/mol. The van der Waals surface area contributed by atoms with Crippen LogP contribution in [0, 0.1) is 12.8 Å². The maximum Gasteiger partial charge on any atom is 0.236 e. The summed E-state index contributed by atoms with van der Waals surface area (Å²) in [6.45, 7) is 4.00. The van der Waals surface area contributed by atoms with E-state index >= 15 is 0 Å². The van der Waals surface area contributed by atoms with Gasteiger partial charge >= 0.3 is 0 Å². The van der Waals surface area contributed by atoms with Gasteiger partial charge in [-0.05, 0) is 25.0 Å². The number of carbonyl (C=O) groups is 1. The van der Waals surface area contributed by atoms with Gasteiger partial charge in [-0.2, -0.15) is 0 Å². The predicted molar refractivity (Wildman–Crippen MR) is 79.8 cm³/mol. The number of hydrogen-bond donors (Lipinski definition) is 1. The van der Waals surface area contributed by atoms with Crippen molar-refractivity contribution >= 4 is 28.8 Å². The van der Waals surface area contributed by atoms with Crippen LogP contribution in [0.2, 0.25) is 0 Å². The third-order valence-electron chi connectivity index (χ3n) is 3.03. The molecule has 3 nitrogen and oxygen atoms in total. The molecule has 0 saturated carbocycles. The van der Waals surface area contributed by atoms with Crippen LogP contribution in [-0.2, 0) is 4.79 Å². The summed E-state index contributed by atoms with van der Waals surface area (Å²) in [6.07, 6.45) is 1.58. The second-order valence-electron chi connectivity index (χ2n) is 4.43. The Kier molecular flexibility index (Phi) is 5.28. The van der Waals surface area contributed by atoms with E-state index in [-0.39, 0.29) is 16.8 Å². The molecule has 0 aliphatic rings. The number of anilines is 1. The third-order valence-corrected chi connectivity index (χ3v) is 3.31. The fourth-order valence-electron chi connectivity index (χ4n) is 1.97. The molecule has 0 radical (unpaired) electrons. The van der Waals surface area contributed by atoms with E-state index < -0.39 is 0 Å². The Morgan fingerprint density at radius 3 is 2.56 bits per heavy atom. The zero-order valence-corrected chi connectivity index (χ0v) is 12.0. The van der Waals surface area contributed by atoms with Gasteiger partial charge in [-0.1, -0.05) is 43.8 Å². The number of amides is 1. The van der Waals surface area contributed by atoms with Gasteiger partial charge in [0.1, 0.15) is 0 Å². The van der Waals surface area contributed by atoms with Gasteiger partial charge in [0.2, 0.25) is 5.91 Å². The number of thiocarbonyl (C=S) groups is 1. The van der Waals surface area contributed by atoms with Crippen molar-refractivity contribution in [1.29, 1.82) is 0 Å². The van der Waals surface area contributed by atoms with Gasteiger partial charge in [0.05, 0.1) is 10.9 Å². The van der Waals surface area contributed by atoms with Crippen molar-refractivity contribution in [1.82, 2.24) is 0 Å². The molecule has 1 atom stereocenters. The normalized spacial score (nSPS) is 11.9. The number of carbonyl (C=O) groups excluding carboxylic acids is 1. The first kappa shape index (κ1) is 14.6. The number of nitrogens with zero attached hydrogens (tertiary/aromatic N) is 1. The van der Waals surface area contributed by atoms with Crippen molar-refractivity contribution in [3.8, 4) is 0 Å². The Labute approximate surface area is 114 Å². The molecular formula is C14H20N2OS. The molecule has 0 saturated heterocycles. The summed E-state index contributed by atoms with van der Waals surface area (Å²) >= 11 is 4.99. The molecule has 1 aromatic carbocycles. The number of aryl methyl sites for hydroxylation is 1. The maximum absolute atomic E-state index is 12.4. The van der Waals surface area contributed by atoms with Gasteiger partial charge < -0.3 is 10.6 Å². The molecule has 1 aromatic rings. The standard InChI is InChI=1S/C14H20N2OS/c1-4-7-11(13(15)18)14(17)16(3)12-9-6-5-8-10(12)2/h5-6,8-9,11H,4,7H2,1-3H3,(H2,15,18). The minimum atomic E-state index is -0.366. The van der Waals surface area contributed by atoms with E-state index in [1.807, 2.05) is 38.1 Å². The highest BCUT2D eigenvalue weighted by molar-refractivity contribution is 7.80. The lowest BCUT2D eigenvalue weighted by molar-refractivity contribution is -0.120. The van der Waals surface area contributed by atoms with Crippen LogP contribution in [-0.4, -0.2) is 17.9 Å². The van der Waals surface area contributed by atoms with E-state index in [2.05, 4.69) is 0 Å². The summed E-state index contributed by atoms with van der Waals surface area (Å²) in [5.74, 6) is -0.395. The quantitative estimate of drug-likeness (QED) is 0.832. The molecule has 0 bridgehead atoms. The van der Waals surface area contributed by atoms with E-state index in [0.29, 0.717) is 6.42 Å². The summed E-state index contributed by atoms with van der Waals surface area (Å²) in [7, 11) is 1.77. The number of benzene rings is 1. The zero-order chi connectivity index (χ0) is 13.7. The summed E-state index contributed by atoms with van der Waals surface area (Å²) in [4.78, 5) is 14.3. The molecule has 1 rings (SSSR count). The van der Waals surface area contributed by atoms with Gasteiger partial charge in [-0.3, -0.25) is 4.79 Å². The Morgan fingerprint density at radius 1 is 1.44 bits per heavy atom. The molecule has 1 amide bonds. The van der Waals surface area contributed by atoms with E-state index in [9.17, 15) is 4.79 Å². The van der Waals surface area contributed by atoms with Crippen LogP contribution >= 0.6 is 12.2 Å². The SMILES string of the molecule is CCCC(C(=O)N(C)c1ccccc1C)C(N)=S. The first-order valence-electron chi connectivity index (χ1n) is 6.11. The van der Waals surface area contributed by atoms with Crippen molar-refractivity contribution in [2.45, 2.75) is 26.7 Å². The summed E-state index contributed by atoms with van der Waals surface area (Å²) in [6, 6.07) is 7.78. The maximum atomic E-state index is 12.4. The second-order valence-corrected chi connectivity index (χ2v) is 4.90. The molecule has 0 aliphatic carbocycles. The molecule has 0 aromatic heterocycles. The van der Waals surface area contributed by atoms with Gasteiger partial charge in [0, 0.05) is 12.7 Å². The Hall–Kier alpha value is -1.42. The van der Waals surface area contributed by atoms with Crippen LogP contribution in [0.4, 0.5) is 5.69 Å². The highest BCUT2D eigenvalue weighted by Crippen LogP contribution is 2.21. The molecule has 4 heteroatoms. The molecule has 0 heterocycles. The highest BCUT2D eigenvalue weighted by Gasteiger charge is 2.25. The second kappa shape index (κ2) is 6.50. The average molecular weight is 264 g/mol. The minimum absolute atomic E-state index is 0.0290. The Bertz CT molecular complexity index is 445. The van der Waals surface area contributed by atoms with Crippen molar-refractivity contribution in [3.63, 3.8) is 0 Å². The van der Waals surface area contributed by atoms with E-state index in [4.69, 9.17) is 18.0 Å². The van der Waals surface area contributed by atoms with Crippen molar-refractivity contribution in [3.05, 3.63) is 29.8 Å². The lowest BCUT2D eigenvalue weighted by Gasteiger charge is -2.24. The first-order chi connectivity index (χ1) is 8.49. The number of hydrogen-bond acceptors (Lipinski definition) is 2. The van der Waals surface area contributed by atoms with Crippen molar-refractivity contribution in [2.24, 2.45) is 11.7 Å². The molecule has 0 spiro atoms. The number of nitrogens with two attached hydrogens (primary N) is 1. The lowest BCUT2D eigenvalue weighted by Crippen LogP contribution is -2.39. The van der Waals surface area contributed by atoms with Crippen LogP contribution < -0.4 is 10.6 Å². The van der Waals surface area contributed by atoms with Crippen molar-refractivity contribution < 1.29 is 4.79 Å². The molecule has 1 unspecified atom stereocenters. The first-order valence-corrected chi connectivity index (χ1v) is 6.52.